The molecule has 0 saturated heterocycles. The summed E-state index contributed by atoms with van der Waals surface area (Å²) >= 11 is 0. The summed E-state index contributed by atoms with van der Waals surface area (Å²) in [6.45, 7) is 1.87. The summed E-state index contributed by atoms with van der Waals surface area (Å²) in [5.74, 6) is -0.231. The van der Waals surface area contributed by atoms with Crippen molar-refractivity contribution in [1.82, 2.24) is 15.0 Å². The van der Waals surface area contributed by atoms with E-state index < -0.39 is 0 Å². The van der Waals surface area contributed by atoms with Crippen LogP contribution in [0.4, 0.5) is 4.39 Å². The lowest BCUT2D eigenvalue weighted by atomic mass is 10.2. The second-order valence-electron chi connectivity index (χ2n) is 3.93. The predicted molar refractivity (Wildman–Crippen MR) is 64.0 cm³/mol. The minimum Gasteiger partial charge on any atom is -0.353 e. The Kier molecular flexibility index (Phi) is 2.14. The van der Waals surface area contributed by atoms with E-state index >= 15 is 0 Å². The molecule has 1 aromatic carbocycles. The molecule has 4 heteroatoms. The number of aryl methyl sites for hydroxylation is 1. The number of fused-ring (bicyclic) bond motifs is 1. The molecule has 0 aliphatic heterocycles. The minimum atomic E-state index is -0.231. The molecule has 0 atom stereocenters. The smallest absolute Gasteiger partial charge is 0.132 e. The second-order valence-corrected chi connectivity index (χ2v) is 3.93. The van der Waals surface area contributed by atoms with E-state index in [0.717, 1.165) is 22.6 Å². The van der Waals surface area contributed by atoms with E-state index in [0.29, 0.717) is 5.39 Å². The van der Waals surface area contributed by atoms with Gasteiger partial charge in [-0.15, -0.1) is 0 Å². The van der Waals surface area contributed by atoms with Crippen LogP contribution >= 0.6 is 0 Å². The molecule has 0 aliphatic rings. The number of benzene rings is 1. The topological polar surface area (TPSA) is 41.6 Å². The van der Waals surface area contributed by atoms with Crippen molar-refractivity contribution in [3.05, 3.63) is 48.2 Å². The zero-order valence-corrected chi connectivity index (χ0v) is 9.24. The summed E-state index contributed by atoms with van der Waals surface area (Å²) in [7, 11) is 0. The fourth-order valence-electron chi connectivity index (χ4n) is 1.85. The van der Waals surface area contributed by atoms with Gasteiger partial charge in [-0.1, -0.05) is 6.07 Å². The Hall–Kier alpha value is -2.23. The van der Waals surface area contributed by atoms with Crippen LogP contribution < -0.4 is 0 Å². The van der Waals surface area contributed by atoms with Crippen molar-refractivity contribution >= 4 is 10.9 Å². The molecule has 0 amide bonds. The molecule has 0 spiro atoms. The Balaban J connectivity index is 2.22. The van der Waals surface area contributed by atoms with Crippen molar-refractivity contribution in [2.45, 2.75) is 6.92 Å². The molecular formula is C13H10FN3. The van der Waals surface area contributed by atoms with E-state index in [-0.39, 0.29) is 5.82 Å². The maximum absolute atomic E-state index is 13.5. The summed E-state index contributed by atoms with van der Waals surface area (Å²) in [4.78, 5) is 11.6. The number of halogens is 1. The van der Waals surface area contributed by atoms with Crippen LogP contribution in [0.5, 0.6) is 0 Å². The van der Waals surface area contributed by atoms with Gasteiger partial charge in [-0.05, 0) is 25.1 Å². The van der Waals surface area contributed by atoms with Gasteiger partial charge in [0.15, 0.2) is 0 Å². The monoisotopic (exact) mass is 227 g/mol. The van der Waals surface area contributed by atoms with E-state index in [1.54, 1.807) is 24.5 Å². The minimum absolute atomic E-state index is 0.231. The van der Waals surface area contributed by atoms with Gasteiger partial charge in [-0.3, -0.25) is 4.98 Å². The molecule has 0 radical (unpaired) electrons. The van der Waals surface area contributed by atoms with Gasteiger partial charge in [-0.25, -0.2) is 9.37 Å². The lowest BCUT2D eigenvalue weighted by Crippen LogP contribution is -1.88. The van der Waals surface area contributed by atoms with E-state index in [1.807, 2.05) is 13.0 Å². The molecule has 2 aromatic heterocycles. The number of nitrogens with one attached hydrogen (secondary N) is 1. The maximum atomic E-state index is 13.5. The first-order valence-electron chi connectivity index (χ1n) is 5.30. The summed E-state index contributed by atoms with van der Waals surface area (Å²) < 4.78 is 13.5. The molecule has 84 valence electrons. The van der Waals surface area contributed by atoms with Crippen molar-refractivity contribution in [3.8, 4) is 11.4 Å². The third-order valence-electron chi connectivity index (χ3n) is 2.64. The summed E-state index contributed by atoms with van der Waals surface area (Å²) in [5.41, 5.74) is 3.10. The highest BCUT2D eigenvalue weighted by Crippen LogP contribution is 2.24. The van der Waals surface area contributed by atoms with Gasteiger partial charge >= 0.3 is 0 Å². The van der Waals surface area contributed by atoms with Crippen LogP contribution in [0.2, 0.25) is 0 Å². The highest BCUT2D eigenvalue weighted by molar-refractivity contribution is 5.85. The van der Waals surface area contributed by atoms with Gasteiger partial charge in [0, 0.05) is 17.1 Å². The van der Waals surface area contributed by atoms with Crippen LogP contribution in [0.15, 0.2) is 36.7 Å². The summed E-state index contributed by atoms with van der Waals surface area (Å²) in [6, 6.07) is 6.72. The molecular weight excluding hydrogens is 217 g/mol. The lowest BCUT2D eigenvalue weighted by molar-refractivity contribution is 0.640. The Bertz CT molecular complexity index is 688. The number of aromatic nitrogens is 3. The third kappa shape index (κ3) is 1.67. The zero-order chi connectivity index (χ0) is 11.8. The second kappa shape index (κ2) is 3.66. The van der Waals surface area contributed by atoms with Gasteiger partial charge < -0.3 is 4.98 Å². The Labute approximate surface area is 97.3 Å². The van der Waals surface area contributed by atoms with Gasteiger partial charge in [0.25, 0.3) is 0 Å². The number of rotatable bonds is 1. The number of aromatic amines is 1. The molecule has 1 N–H and O–H groups in total. The molecule has 2 heterocycles. The normalized spacial score (nSPS) is 10.9. The first-order chi connectivity index (χ1) is 8.24. The molecule has 0 aliphatic carbocycles. The van der Waals surface area contributed by atoms with E-state index in [9.17, 15) is 4.39 Å². The van der Waals surface area contributed by atoms with Gasteiger partial charge in [0.1, 0.15) is 11.5 Å². The number of H-pyrrole nitrogens is 1. The lowest BCUT2D eigenvalue weighted by Gasteiger charge is -1.96. The van der Waals surface area contributed by atoms with Crippen LogP contribution in [0.3, 0.4) is 0 Å². The largest absolute Gasteiger partial charge is 0.353 e. The van der Waals surface area contributed by atoms with Gasteiger partial charge in [0.2, 0.25) is 0 Å². The predicted octanol–water partition coefficient (Wildman–Crippen LogP) is 3.07. The summed E-state index contributed by atoms with van der Waals surface area (Å²) in [5, 5.41) is 0.575. The van der Waals surface area contributed by atoms with Crippen molar-refractivity contribution < 1.29 is 4.39 Å². The fraction of sp³-hybridized carbons (Fsp3) is 0.0769. The molecule has 0 fully saturated rings. The maximum Gasteiger partial charge on any atom is 0.132 e. The van der Waals surface area contributed by atoms with Crippen LogP contribution in [-0.4, -0.2) is 15.0 Å². The van der Waals surface area contributed by atoms with E-state index in [2.05, 4.69) is 15.0 Å². The standard InChI is InChI=1S/C13H10FN3/c1-8-6-15-7-13(16-8)12-5-9-10(14)3-2-4-11(9)17-12/h2-7,17H,1H3. The van der Waals surface area contributed by atoms with Crippen molar-refractivity contribution in [1.29, 1.82) is 0 Å². The first kappa shape index (κ1) is 9.96. The highest BCUT2D eigenvalue weighted by Gasteiger charge is 2.07. The fourth-order valence-corrected chi connectivity index (χ4v) is 1.85. The highest BCUT2D eigenvalue weighted by atomic mass is 19.1. The molecule has 3 rings (SSSR count). The average molecular weight is 227 g/mol. The van der Waals surface area contributed by atoms with Crippen LogP contribution in [0.25, 0.3) is 22.3 Å². The molecule has 3 nitrogen and oxygen atoms in total. The van der Waals surface area contributed by atoms with Crippen LogP contribution in [0.1, 0.15) is 5.69 Å². The van der Waals surface area contributed by atoms with Crippen LogP contribution in [-0.2, 0) is 0 Å². The molecule has 3 aromatic rings. The van der Waals surface area contributed by atoms with Crippen molar-refractivity contribution in [3.63, 3.8) is 0 Å². The average Bonchev–Trinajstić information content (AvgIpc) is 2.74. The van der Waals surface area contributed by atoms with Crippen LogP contribution in [0, 0.1) is 12.7 Å². The number of hydrogen-bond donors (Lipinski definition) is 1. The van der Waals surface area contributed by atoms with E-state index in [1.165, 1.54) is 6.07 Å². The molecule has 0 saturated carbocycles. The molecule has 0 bridgehead atoms. The quantitative estimate of drug-likeness (QED) is 0.694. The Morgan fingerprint density at radius 3 is 2.88 bits per heavy atom. The SMILES string of the molecule is Cc1cncc(-c2cc3c(F)cccc3[nH]2)n1. The molecule has 17 heavy (non-hydrogen) atoms. The number of hydrogen-bond acceptors (Lipinski definition) is 2. The first-order valence-corrected chi connectivity index (χ1v) is 5.30. The van der Waals surface area contributed by atoms with E-state index in [4.69, 9.17) is 0 Å². The summed E-state index contributed by atoms with van der Waals surface area (Å²) in [6.07, 6.45) is 3.35. The third-order valence-corrected chi connectivity index (χ3v) is 2.64. The molecule has 0 unspecified atom stereocenters. The zero-order valence-electron chi connectivity index (χ0n) is 9.24. The van der Waals surface area contributed by atoms with Gasteiger partial charge in [0.05, 0.1) is 17.6 Å². The Morgan fingerprint density at radius 2 is 2.12 bits per heavy atom. The Morgan fingerprint density at radius 1 is 1.24 bits per heavy atom. The van der Waals surface area contributed by atoms with Crippen molar-refractivity contribution in [2.24, 2.45) is 0 Å². The van der Waals surface area contributed by atoms with Gasteiger partial charge in [-0.2, -0.15) is 0 Å². The van der Waals surface area contributed by atoms with Crippen molar-refractivity contribution in [2.75, 3.05) is 0 Å². The number of nitrogens with zero attached hydrogens (tertiary/aromatic N) is 2.